The highest BCUT2D eigenvalue weighted by molar-refractivity contribution is 7.16. The number of hydrogen-bond acceptors (Lipinski definition) is 6. The monoisotopic (exact) mass is 429 g/mol. The molecule has 158 valence electrons. The molecular weight excluding hydrogens is 406 g/mol. The molecule has 1 aromatic carbocycles. The van der Waals surface area contributed by atoms with E-state index in [0.29, 0.717) is 16.1 Å². The molecule has 9 heteroatoms. The molecule has 0 aliphatic carbocycles. The summed E-state index contributed by atoms with van der Waals surface area (Å²) in [5.41, 5.74) is 1.26. The molecule has 2 heterocycles. The van der Waals surface area contributed by atoms with Crippen LogP contribution >= 0.6 is 11.3 Å². The third-order valence-corrected chi connectivity index (χ3v) is 6.41. The summed E-state index contributed by atoms with van der Waals surface area (Å²) >= 11 is 1.23. The van der Waals surface area contributed by atoms with Crippen molar-refractivity contribution in [3.05, 3.63) is 51.4 Å². The zero-order valence-corrected chi connectivity index (χ0v) is 18.2. The van der Waals surface area contributed by atoms with E-state index in [0.717, 1.165) is 15.3 Å². The summed E-state index contributed by atoms with van der Waals surface area (Å²) in [7, 11) is 1.26. The Kier molecular flexibility index (Phi) is 5.67. The minimum absolute atomic E-state index is 0.273. The second-order valence-electron chi connectivity index (χ2n) is 7.29. The van der Waals surface area contributed by atoms with Crippen LogP contribution in [0.2, 0.25) is 0 Å². The molecule has 1 atom stereocenters. The number of nitrogens with one attached hydrogen (secondary N) is 2. The number of methoxy groups -OCH3 is 1. The molecule has 0 saturated carbocycles. The first-order valence-electron chi connectivity index (χ1n) is 9.28. The number of benzene rings is 1. The van der Waals surface area contributed by atoms with Crippen LogP contribution in [-0.2, 0) is 19.9 Å². The highest BCUT2D eigenvalue weighted by atomic mass is 32.1. The zero-order chi connectivity index (χ0) is 22.2. The van der Waals surface area contributed by atoms with Gasteiger partial charge in [-0.25, -0.2) is 9.59 Å². The molecule has 30 heavy (non-hydrogen) atoms. The van der Waals surface area contributed by atoms with Crippen molar-refractivity contribution in [1.29, 1.82) is 0 Å². The summed E-state index contributed by atoms with van der Waals surface area (Å²) in [6, 6.07) is 6.62. The molecule has 1 aliphatic heterocycles. The summed E-state index contributed by atoms with van der Waals surface area (Å²) in [6.07, 6.45) is 0. The normalized spacial score (nSPS) is 18.4. The predicted octanol–water partition coefficient (Wildman–Crippen LogP) is 2.87. The molecule has 4 amide bonds. The zero-order valence-electron chi connectivity index (χ0n) is 17.4. The summed E-state index contributed by atoms with van der Waals surface area (Å²) in [5.74, 6) is -1.66. The highest BCUT2D eigenvalue weighted by Gasteiger charge is 2.50. The molecule has 1 unspecified atom stereocenters. The van der Waals surface area contributed by atoms with Gasteiger partial charge in [-0.2, -0.15) is 0 Å². The van der Waals surface area contributed by atoms with E-state index in [9.17, 15) is 19.2 Å². The van der Waals surface area contributed by atoms with E-state index in [1.165, 1.54) is 18.4 Å². The number of rotatable bonds is 5. The maximum atomic E-state index is 13.0. The van der Waals surface area contributed by atoms with E-state index >= 15 is 0 Å². The SMILES string of the molecule is COC(=O)c1c(NC(=O)CN2C(=O)NC(C)(c3ccccc3C)C2=O)sc(C)c1C. The van der Waals surface area contributed by atoms with Gasteiger partial charge in [-0.1, -0.05) is 24.3 Å². The van der Waals surface area contributed by atoms with Gasteiger partial charge in [-0.05, 0) is 44.4 Å². The van der Waals surface area contributed by atoms with Crippen molar-refractivity contribution in [3.8, 4) is 0 Å². The average molecular weight is 429 g/mol. The topological polar surface area (TPSA) is 105 Å². The maximum Gasteiger partial charge on any atom is 0.341 e. The van der Waals surface area contributed by atoms with Gasteiger partial charge in [0.1, 0.15) is 17.1 Å². The summed E-state index contributed by atoms with van der Waals surface area (Å²) in [4.78, 5) is 52.0. The van der Waals surface area contributed by atoms with Gasteiger partial charge < -0.3 is 15.4 Å². The van der Waals surface area contributed by atoms with Crippen molar-refractivity contribution in [3.63, 3.8) is 0 Å². The lowest BCUT2D eigenvalue weighted by molar-refractivity contribution is -0.133. The van der Waals surface area contributed by atoms with Crippen molar-refractivity contribution < 1.29 is 23.9 Å². The quantitative estimate of drug-likeness (QED) is 0.562. The first-order chi connectivity index (χ1) is 14.1. The fraction of sp³-hybridized carbons (Fsp3) is 0.333. The first-order valence-corrected chi connectivity index (χ1v) is 10.1. The lowest BCUT2D eigenvalue weighted by Gasteiger charge is -2.24. The van der Waals surface area contributed by atoms with Crippen molar-refractivity contribution in [2.75, 3.05) is 19.0 Å². The number of carbonyl (C=O) groups is 4. The van der Waals surface area contributed by atoms with Crippen LogP contribution in [0.5, 0.6) is 0 Å². The lowest BCUT2D eigenvalue weighted by Crippen LogP contribution is -2.42. The van der Waals surface area contributed by atoms with E-state index < -0.39 is 35.9 Å². The number of nitrogens with zero attached hydrogens (tertiary/aromatic N) is 1. The number of anilines is 1. The maximum absolute atomic E-state index is 13.0. The number of aryl methyl sites for hydroxylation is 2. The van der Waals surface area contributed by atoms with Gasteiger partial charge in [0.05, 0.1) is 12.7 Å². The van der Waals surface area contributed by atoms with Gasteiger partial charge in [0.15, 0.2) is 0 Å². The predicted molar refractivity (Wildman–Crippen MR) is 113 cm³/mol. The van der Waals surface area contributed by atoms with E-state index in [-0.39, 0.29) is 5.56 Å². The third kappa shape index (κ3) is 3.56. The van der Waals surface area contributed by atoms with E-state index in [1.54, 1.807) is 26.0 Å². The van der Waals surface area contributed by atoms with Gasteiger partial charge in [0.25, 0.3) is 5.91 Å². The van der Waals surface area contributed by atoms with E-state index in [1.807, 2.05) is 26.0 Å². The fourth-order valence-electron chi connectivity index (χ4n) is 3.53. The second kappa shape index (κ2) is 7.91. The molecule has 8 nitrogen and oxygen atoms in total. The standard InChI is InChI=1S/C21H23N3O5S/c1-11-8-6-7-9-14(11)21(4)19(27)24(20(28)23-21)10-15(25)22-17-16(18(26)29-5)12(2)13(3)30-17/h6-9H,10H2,1-5H3,(H,22,25)(H,23,28). The van der Waals surface area contributed by atoms with Gasteiger partial charge in [0.2, 0.25) is 5.91 Å². The Hall–Kier alpha value is -3.20. The van der Waals surface area contributed by atoms with Crippen LogP contribution in [0, 0.1) is 20.8 Å². The third-order valence-electron chi connectivity index (χ3n) is 5.29. The number of ether oxygens (including phenoxy) is 1. The van der Waals surface area contributed by atoms with Crippen LogP contribution in [0.25, 0.3) is 0 Å². The molecule has 0 spiro atoms. The van der Waals surface area contributed by atoms with Crippen LogP contribution in [0.1, 0.15) is 38.8 Å². The Bertz CT molecular complexity index is 1060. The number of urea groups is 1. The van der Waals surface area contributed by atoms with Crippen LogP contribution < -0.4 is 10.6 Å². The van der Waals surface area contributed by atoms with E-state index in [4.69, 9.17) is 4.74 Å². The minimum atomic E-state index is -1.25. The Morgan fingerprint density at radius 1 is 1.20 bits per heavy atom. The number of carbonyl (C=O) groups excluding carboxylic acids is 4. The summed E-state index contributed by atoms with van der Waals surface area (Å²) in [5, 5.41) is 5.66. The molecular formula is C21H23N3O5S. The Balaban J connectivity index is 1.81. The van der Waals surface area contributed by atoms with Gasteiger partial charge >= 0.3 is 12.0 Å². The van der Waals surface area contributed by atoms with Crippen molar-refractivity contribution in [1.82, 2.24) is 10.2 Å². The molecule has 1 fully saturated rings. The van der Waals surface area contributed by atoms with Crippen molar-refractivity contribution in [2.45, 2.75) is 33.2 Å². The number of amides is 4. The molecule has 0 bridgehead atoms. The molecule has 3 rings (SSSR count). The molecule has 2 N–H and O–H groups in total. The number of hydrogen-bond donors (Lipinski definition) is 2. The minimum Gasteiger partial charge on any atom is -0.465 e. The largest absolute Gasteiger partial charge is 0.465 e. The molecule has 0 radical (unpaired) electrons. The Morgan fingerprint density at radius 3 is 2.50 bits per heavy atom. The highest BCUT2D eigenvalue weighted by Crippen LogP contribution is 2.34. The molecule has 1 aromatic heterocycles. The van der Waals surface area contributed by atoms with Crippen LogP contribution in [0.4, 0.5) is 9.80 Å². The summed E-state index contributed by atoms with van der Waals surface area (Å²) < 4.78 is 4.80. The number of esters is 1. The smallest absolute Gasteiger partial charge is 0.341 e. The molecule has 1 saturated heterocycles. The van der Waals surface area contributed by atoms with Crippen molar-refractivity contribution >= 4 is 40.2 Å². The number of thiophene rings is 1. The average Bonchev–Trinajstić information content (AvgIpc) is 3.09. The molecule has 1 aliphatic rings. The van der Waals surface area contributed by atoms with Crippen LogP contribution in [0.3, 0.4) is 0 Å². The van der Waals surface area contributed by atoms with E-state index in [2.05, 4.69) is 10.6 Å². The molecule has 2 aromatic rings. The Labute approximate surface area is 178 Å². The first kappa shape index (κ1) is 21.5. The Morgan fingerprint density at radius 2 is 1.87 bits per heavy atom. The second-order valence-corrected chi connectivity index (χ2v) is 8.51. The van der Waals surface area contributed by atoms with Crippen molar-refractivity contribution in [2.24, 2.45) is 0 Å². The lowest BCUT2D eigenvalue weighted by atomic mass is 9.88. The summed E-state index contributed by atoms with van der Waals surface area (Å²) in [6.45, 7) is 6.59. The van der Waals surface area contributed by atoms with Crippen LogP contribution in [0.15, 0.2) is 24.3 Å². The van der Waals surface area contributed by atoms with Gasteiger partial charge in [0, 0.05) is 4.88 Å². The van der Waals surface area contributed by atoms with Gasteiger partial charge in [-0.3, -0.25) is 14.5 Å². The van der Waals surface area contributed by atoms with Crippen LogP contribution in [-0.4, -0.2) is 42.4 Å². The fourth-order valence-corrected chi connectivity index (χ4v) is 4.59. The number of imide groups is 1. The van der Waals surface area contributed by atoms with Gasteiger partial charge in [-0.15, -0.1) is 11.3 Å².